The third-order valence-corrected chi connectivity index (χ3v) is 4.39. The van der Waals surface area contributed by atoms with Crippen molar-refractivity contribution in [2.75, 3.05) is 17.2 Å². The molecule has 2 aliphatic heterocycles. The Kier molecular flexibility index (Phi) is 3.74. The predicted molar refractivity (Wildman–Crippen MR) is 81.2 cm³/mol. The second-order valence-corrected chi connectivity index (χ2v) is 6.03. The van der Waals surface area contributed by atoms with Crippen LogP contribution in [0.5, 0.6) is 5.75 Å². The highest BCUT2D eigenvalue weighted by Crippen LogP contribution is 2.41. The highest BCUT2D eigenvalue weighted by Gasteiger charge is 2.40. The van der Waals surface area contributed by atoms with Crippen molar-refractivity contribution < 1.29 is 9.84 Å². The molecule has 0 aliphatic carbocycles. The first-order chi connectivity index (χ1) is 9.67. The second kappa shape index (κ2) is 5.52. The number of rotatable bonds is 4. The summed E-state index contributed by atoms with van der Waals surface area (Å²) in [6.07, 6.45) is 4.93. The van der Waals surface area contributed by atoms with E-state index in [1.54, 1.807) is 0 Å². The summed E-state index contributed by atoms with van der Waals surface area (Å²) in [4.78, 5) is 2.45. The molecular weight excluding hydrogens is 252 g/mol. The molecule has 2 unspecified atom stereocenters. The highest BCUT2D eigenvalue weighted by atomic mass is 16.5. The van der Waals surface area contributed by atoms with Gasteiger partial charge in [-0.25, -0.2) is 0 Å². The zero-order valence-corrected chi connectivity index (χ0v) is 12.1. The van der Waals surface area contributed by atoms with E-state index in [0.29, 0.717) is 18.7 Å². The molecule has 1 aromatic rings. The lowest BCUT2D eigenvalue weighted by atomic mass is 9.99. The van der Waals surface area contributed by atoms with Gasteiger partial charge in [-0.15, -0.1) is 0 Å². The summed E-state index contributed by atoms with van der Waals surface area (Å²) in [6.45, 7) is 2.81. The summed E-state index contributed by atoms with van der Waals surface area (Å²) in [6, 6.07) is 6.91. The Morgan fingerprint density at radius 1 is 1.25 bits per heavy atom. The largest absolute Gasteiger partial charge is 0.493 e. The number of fused-ring (bicyclic) bond motifs is 2. The molecule has 4 nitrogen and oxygen atoms in total. The molecular formula is C16H24N2O2. The van der Waals surface area contributed by atoms with E-state index in [1.807, 2.05) is 12.1 Å². The fourth-order valence-electron chi connectivity index (χ4n) is 3.63. The van der Waals surface area contributed by atoms with E-state index in [9.17, 15) is 5.11 Å². The van der Waals surface area contributed by atoms with Crippen molar-refractivity contribution in [2.45, 2.75) is 57.2 Å². The van der Waals surface area contributed by atoms with Gasteiger partial charge in [-0.05, 0) is 38.2 Å². The van der Waals surface area contributed by atoms with Gasteiger partial charge in [-0.2, -0.15) is 0 Å². The molecule has 2 heterocycles. The lowest BCUT2D eigenvalue weighted by molar-refractivity contribution is 0.126. The lowest BCUT2D eigenvalue weighted by Crippen LogP contribution is -2.44. The highest BCUT2D eigenvalue weighted by molar-refractivity contribution is 5.62. The van der Waals surface area contributed by atoms with Crippen molar-refractivity contribution in [3.8, 4) is 5.75 Å². The van der Waals surface area contributed by atoms with Crippen LogP contribution in [0, 0.1) is 0 Å². The maximum Gasteiger partial charge on any atom is 0.123 e. The van der Waals surface area contributed by atoms with Gasteiger partial charge in [0.25, 0.3) is 0 Å². The zero-order valence-electron chi connectivity index (χ0n) is 12.1. The molecule has 2 saturated heterocycles. The minimum atomic E-state index is -0.138. The molecule has 1 aromatic carbocycles. The number of aliphatic hydroxyl groups is 1. The normalized spacial score (nSPS) is 28.7. The number of aliphatic hydroxyl groups excluding tert-OH is 1. The number of nitrogen functional groups attached to an aromatic ring is 1. The van der Waals surface area contributed by atoms with Gasteiger partial charge in [0.2, 0.25) is 0 Å². The number of hydrogen-bond donors (Lipinski definition) is 2. The second-order valence-electron chi connectivity index (χ2n) is 6.03. The van der Waals surface area contributed by atoms with E-state index in [4.69, 9.17) is 10.5 Å². The zero-order chi connectivity index (χ0) is 14.1. The Morgan fingerprint density at radius 2 is 1.95 bits per heavy atom. The number of anilines is 2. The van der Waals surface area contributed by atoms with Crippen LogP contribution in [0.4, 0.5) is 11.4 Å². The van der Waals surface area contributed by atoms with Gasteiger partial charge in [0.1, 0.15) is 5.75 Å². The maximum absolute atomic E-state index is 9.90. The van der Waals surface area contributed by atoms with Crippen LogP contribution < -0.4 is 15.4 Å². The Bertz CT molecular complexity index is 464. The number of benzene rings is 1. The van der Waals surface area contributed by atoms with Gasteiger partial charge in [0.05, 0.1) is 12.7 Å². The average Bonchev–Trinajstić information content (AvgIpc) is 2.68. The van der Waals surface area contributed by atoms with Crippen molar-refractivity contribution >= 4 is 11.4 Å². The molecule has 0 saturated carbocycles. The fourth-order valence-corrected chi connectivity index (χ4v) is 3.63. The summed E-state index contributed by atoms with van der Waals surface area (Å²) >= 11 is 0. The van der Waals surface area contributed by atoms with Crippen LogP contribution in [-0.2, 0) is 0 Å². The summed E-state index contributed by atoms with van der Waals surface area (Å²) in [5.74, 6) is 0.854. The Labute approximate surface area is 120 Å². The molecule has 3 rings (SSSR count). The standard InChI is InChI=1S/C16H24N2O2/c1-2-5-20-16-7-11(17)6-14(10-16)18-12-3-4-13(18)9-15(19)8-12/h6-7,10,12-13,15,19H,2-5,8-9,17H2,1H3. The molecule has 0 amide bonds. The summed E-state index contributed by atoms with van der Waals surface area (Å²) in [7, 11) is 0. The van der Waals surface area contributed by atoms with Gasteiger partial charge >= 0.3 is 0 Å². The van der Waals surface area contributed by atoms with Crippen molar-refractivity contribution in [1.29, 1.82) is 0 Å². The van der Waals surface area contributed by atoms with E-state index < -0.39 is 0 Å². The van der Waals surface area contributed by atoms with Crippen LogP contribution >= 0.6 is 0 Å². The van der Waals surface area contributed by atoms with Gasteiger partial charge in [0, 0.05) is 35.6 Å². The number of piperidine rings is 1. The van der Waals surface area contributed by atoms with Crippen molar-refractivity contribution in [2.24, 2.45) is 0 Å². The molecule has 0 aromatic heterocycles. The molecule has 3 N–H and O–H groups in total. The lowest BCUT2D eigenvalue weighted by Gasteiger charge is -2.39. The molecule has 2 atom stereocenters. The molecule has 0 radical (unpaired) electrons. The van der Waals surface area contributed by atoms with Gasteiger partial charge in [-0.1, -0.05) is 6.92 Å². The van der Waals surface area contributed by atoms with E-state index in [2.05, 4.69) is 17.9 Å². The third-order valence-electron chi connectivity index (χ3n) is 4.39. The SMILES string of the molecule is CCCOc1cc(N)cc(N2C3CCC2CC(O)C3)c1. The minimum Gasteiger partial charge on any atom is -0.493 e. The number of nitrogens with two attached hydrogens (primary N) is 1. The molecule has 0 spiro atoms. The quantitative estimate of drug-likeness (QED) is 0.830. The minimum absolute atomic E-state index is 0.138. The van der Waals surface area contributed by atoms with Crippen molar-refractivity contribution in [3.05, 3.63) is 18.2 Å². The summed E-state index contributed by atoms with van der Waals surface area (Å²) in [5, 5.41) is 9.90. The van der Waals surface area contributed by atoms with Gasteiger partial charge in [-0.3, -0.25) is 0 Å². The Balaban J connectivity index is 1.85. The van der Waals surface area contributed by atoms with Crippen LogP contribution in [0.1, 0.15) is 39.0 Å². The van der Waals surface area contributed by atoms with Crippen LogP contribution in [0.15, 0.2) is 18.2 Å². The monoisotopic (exact) mass is 276 g/mol. The van der Waals surface area contributed by atoms with Gasteiger partial charge in [0.15, 0.2) is 0 Å². The molecule has 20 heavy (non-hydrogen) atoms. The fraction of sp³-hybridized carbons (Fsp3) is 0.625. The first-order valence-corrected chi connectivity index (χ1v) is 7.67. The number of hydrogen-bond acceptors (Lipinski definition) is 4. The van der Waals surface area contributed by atoms with Crippen LogP contribution in [0.2, 0.25) is 0 Å². The Hall–Kier alpha value is -1.42. The van der Waals surface area contributed by atoms with Gasteiger partial charge < -0.3 is 20.5 Å². The Morgan fingerprint density at radius 3 is 2.60 bits per heavy atom. The molecule has 2 bridgehead atoms. The first-order valence-electron chi connectivity index (χ1n) is 7.67. The summed E-state index contributed by atoms with van der Waals surface area (Å²) < 4.78 is 5.72. The smallest absolute Gasteiger partial charge is 0.123 e. The topological polar surface area (TPSA) is 58.7 Å². The third kappa shape index (κ3) is 2.57. The first kappa shape index (κ1) is 13.6. The maximum atomic E-state index is 9.90. The molecule has 110 valence electrons. The molecule has 2 fully saturated rings. The number of ether oxygens (including phenoxy) is 1. The predicted octanol–water partition coefficient (Wildman–Crippen LogP) is 2.55. The van der Waals surface area contributed by atoms with E-state index >= 15 is 0 Å². The van der Waals surface area contributed by atoms with E-state index in [-0.39, 0.29) is 6.10 Å². The molecule has 2 aliphatic rings. The van der Waals surface area contributed by atoms with E-state index in [0.717, 1.165) is 36.4 Å². The van der Waals surface area contributed by atoms with Crippen LogP contribution in [0.3, 0.4) is 0 Å². The van der Waals surface area contributed by atoms with Crippen LogP contribution in [0.25, 0.3) is 0 Å². The van der Waals surface area contributed by atoms with Crippen LogP contribution in [-0.4, -0.2) is 29.9 Å². The average molecular weight is 276 g/mol. The van der Waals surface area contributed by atoms with Crippen molar-refractivity contribution in [1.82, 2.24) is 0 Å². The molecule has 4 heteroatoms. The number of nitrogens with zero attached hydrogens (tertiary/aromatic N) is 1. The van der Waals surface area contributed by atoms with E-state index in [1.165, 1.54) is 12.8 Å². The van der Waals surface area contributed by atoms with Crippen molar-refractivity contribution in [3.63, 3.8) is 0 Å². The summed E-state index contributed by atoms with van der Waals surface area (Å²) in [5.41, 5.74) is 7.92.